The molecule has 1 aromatic heterocycles. The third-order valence-electron chi connectivity index (χ3n) is 1.71. The van der Waals surface area contributed by atoms with Gasteiger partial charge in [-0.15, -0.1) is 0 Å². The Balaban J connectivity index is 2.87. The molecule has 1 aromatic rings. The zero-order valence-corrected chi connectivity index (χ0v) is 8.84. The summed E-state index contributed by atoms with van der Waals surface area (Å²) in [6.07, 6.45) is 1.60. The molecule has 0 radical (unpaired) electrons. The van der Waals surface area contributed by atoms with Crippen LogP contribution in [0.3, 0.4) is 0 Å². The summed E-state index contributed by atoms with van der Waals surface area (Å²) in [6.45, 7) is 4.61. The zero-order chi connectivity index (χ0) is 11.3. The largest absolute Gasteiger partial charge is 0.477 e. The van der Waals surface area contributed by atoms with Crippen LogP contribution in [0.2, 0.25) is 0 Å². The predicted molar refractivity (Wildman–Crippen MR) is 57.1 cm³/mol. The lowest BCUT2D eigenvalue weighted by atomic mass is 10.2. The van der Waals surface area contributed by atoms with Gasteiger partial charge in [0.05, 0.1) is 12.2 Å². The van der Waals surface area contributed by atoms with Gasteiger partial charge >= 0.3 is 0 Å². The van der Waals surface area contributed by atoms with Gasteiger partial charge in [0, 0.05) is 6.20 Å². The van der Waals surface area contributed by atoms with Crippen molar-refractivity contribution in [3.8, 4) is 5.88 Å². The molecule has 0 aromatic carbocycles. The fourth-order valence-corrected chi connectivity index (χ4v) is 1.00. The van der Waals surface area contributed by atoms with Gasteiger partial charge in [0.25, 0.3) is 0 Å². The Morgan fingerprint density at radius 1 is 1.67 bits per heavy atom. The van der Waals surface area contributed by atoms with Crippen LogP contribution in [0.25, 0.3) is 0 Å². The number of hydrogen-bond donors (Lipinski definition) is 2. The van der Waals surface area contributed by atoms with Crippen LogP contribution in [0.15, 0.2) is 23.5 Å². The molecule has 0 aliphatic heterocycles. The third-order valence-corrected chi connectivity index (χ3v) is 1.71. The molecular weight excluding hydrogens is 194 g/mol. The van der Waals surface area contributed by atoms with Crippen molar-refractivity contribution < 1.29 is 9.94 Å². The van der Waals surface area contributed by atoms with E-state index in [2.05, 4.69) is 10.1 Å². The Hall–Kier alpha value is -1.78. The highest BCUT2D eigenvalue weighted by Crippen LogP contribution is 2.14. The van der Waals surface area contributed by atoms with Gasteiger partial charge in [0.1, 0.15) is 0 Å². The van der Waals surface area contributed by atoms with E-state index in [9.17, 15) is 0 Å². The van der Waals surface area contributed by atoms with Crippen LogP contribution in [0.4, 0.5) is 0 Å². The molecular formula is C10H15N3O2. The smallest absolute Gasteiger partial charge is 0.224 e. The van der Waals surface area contributed by atoms with Gasteiger partial charge in [-0.05, 0) is 18.1 Å². The average molecular weight is 209 g/mol. The van der Waals surface area contributed by atoms with Crippen LogP contribution in [0.1, 0.15) is 19.4 Å². The van der Waals surface area contributed by atoms with Crippen molar-refractivity contribution in [2.75, 3.05) is 6.61 Å². The van der Waals surface area contributed by atoms with E-state index < -0.39 is 0 Å². The van der Waals surface area contributed by atoms with E-state index in [1.54, 1.807) is 18.3 Å². The standard InChI is InChI=1S/C10H15N3O2/c1-7(2)6-15-10-8(9(11)13-14)4-3-5-12-10/h3-5,7,14H,6H2,1-2H3,(H2,11,13). The summed E-state index contributed by atoms with van der Waals surface area (Å²) in [7, 11) is 0. The minimum absolute atomic E-state index is 0.00172. The highest BCUT2D eigenvalue weighted by atomic mass is 16.5. The summed E-state index contributed by atoms with van der Waals surface area (Å²) in [5.74, 6) is 0.788. The quantitative estimate of drug-likeness (QED) is 0.338. The monoisotopic (exact) mass is 209 g/mol. The third kappa shape index (κ3) is 3.12. The molecule has 1 heterocycles. The van der Waals surface area contributed by atoms with Crippen molar-refractivity contribution >= 4 is 5.84 Å². The summed E-state index contributed by atoms with van der Waals surface area (Å²) in [6, 6.07) is 3.40. The Morgan fingerprint density at radius 3 is 3.00 bits per heavy atom. The Labute approximate surface area is 88.6 Å². The second kappa shape index (κ2) is 5.19. The van der Waals surface area contributed by atoms with Gasteiger partial charge < -0.3 is 15.7 Å². The van der Waals surface area contributed by atoms with E-state index in [-0.39, 0.29) is 5.84 Å². The number of nitrogens with zero attached hydrogens (tertiary/aromatic N) is 2. The summed E-state index contributed by atoms with van der Waals surface area (Å²) in [4.78, 5) is 4.03. The van der Waals surface area contributed by atoms with Gasteiger partial charge in [-0.1, -0.05) is 19.0 Å². The number of pyridine rings is 1. The molecule has 5 nitrogen and oxygen atoms in total. The molecule has 0 saturated carbocycles. The molecule has 0 aliphatic rings. The van der Waals surface area contributed by atoms with Crippen LogP contribution in [0.5, 0.6) is 5.88 Å². The van der Waals surface area contributed by atoms with E-state index in [0.29, 0.717) is 24.0 Å². The lowest BCUT2D eigenvalue weighted by Gasteiger charge is -2.10. The predicted octanol–water partition coefficient (Wildman–Crippen LogP) is 1.21. The van der Waals surface area contributed by atoms with Crippen LogP contribution in [0, 0.1) is 5.92 Å². The van der Waals surface area contributed by atoms with Crippen molar-refractivity contribution in [3.05, 3.63) is 23.9 Å². The summed E-state index contributed by atoms with van der Waals surface area (Å²) in [5, 5.41) is 11.5. The van der Waals surface area contributed by atoms with Crippen molar-refractivity contribution in [2.45, 2.75) is 13.8 Å². The molecule has 0 bridgehead atoms. The van der Waals surface area contributed by atoms with E-state index in [4.69, 9.17) is 15.7 Å². The normalized spacial score (nSPS) is 11.8. The Kier molecular flexibility index (Phi) is 3.91. The maximum Gasteiger partial charge on any atom is 0.224 e. The molecule has 3 N–H and O–H groups in total. The first-order valence-electron chi connectivity index (χ1n) is 4.71. The summed E-state index contributed by atoms with van der Waals surface area (Å²) < 4.78 is 5.44. The molecule has 0 unspecified atom stereocenters. The van der Waals surface area contributed by atoms with Gasteiger partial charge in [0.2, 0.25) is 5.88 Å². The van der Waals surface area contributed by atoms with E-state index in [1.807, 2.05) is 13.8 Å². The molecule has 0 spiro atoms. The lowest BCUT2D eigenvalue weighted by molar-refractivity contribution is 0.260. The van der Waals surface area contributed by atoms with Crippen molar-refractivity contribution in [1.82, 2.24) is 4.98 Å². The molecule has 15 heavy (non-hydrogen) atoms. The molecule has 0 amide bonds. The Morgan fingerprint density at radius 2 is 2.40 bits per heavy atom. The van der Waals surface area contributed by atoms with Crippen LogP contribution >= 0.6 is 0 Å². The highest BCUT2D eigenvalue weighted by Gasteiger charge is 2.09. The number of amidine groups is 1. The van der Waals surface area contributed by atoms with Crippen molar-refractivity contribution in [1.29, 1.82) is 0 Å². The Bertz CT molecular complexity index is 350. The number of nitrogens with two attached hydrogens (primary N) is 1. The maximum atomic E-state index is 8.57. The number of aromatic nitrogens is 1. The topological polar surface area (TPSA) is 80.7 Å². The van der Waals surface area contributed by atoms with E-state index in [0.717, 1.165) is 0 Å². The number of hydrogen-bond acceptors (Lipinski definition) is 4. The maximum absolute atomic E-state index is 8.57. The molecule has 1 rings (SSSR count). The molecule has 0 aliphatic carbocycles. The highest BCUT2D eigenvalue weighted by molar-refractivity contribution is 5.98. The first-order chi connectivity index (χ1) is 7.15. The summed E-state index contributed by atoms with van der Waals surface area (Å²) in [5.41, 5.74) is 5.98. The van der Waals surface area contributed by atoms with Gasteiger partial charge in [-0.25, -0.2) is 4.98 Å². The lowest BCUT2D eigenvalue weighted by Crippen LogP contribution is -2.16. The molecule has 5 heteroatoms. The fourth-order valence-electron chi connectivity index (χ4n) is 1.00. The first kappa shape index (κ1) is 11.3. The van der Waals surface area contributed by atoms with Gasteiger partial charge in [0.15, 0.2) is 5.84 Å². The average Bonchev–Trinajstić information content (AvgIpc) is 2.25. The summed E-state index contributed by atoms with van der Waals surface area (Å²) >= 11 is 0. The van der Waals surface area contributed by atoms with Crippen molar-refractivity contribution in [3.63, 3.8) is 0 Å². The molecule has 0 saturated heterocycles. The van der Waals surface area contributed by atoms with Crippen molar-refractivity contribution in [2.24, 2.45) is 16.8 Å². The SMILES string of the molecule is CC(C)COc1ncccc1/C(N)=N/O. The van der Waals surface area contributed by atoms with E-state index in [1.165, 1.54) is 0 Å². The van der Waals surface area contributed by atoms with Crippen LogP contribution in [-0.4, -0.2) is 22.6 Å². The minimum Gasteiger partial charge on any atom is -0.477 e. The minimum atomic E-state index is 0.00172. The second-order valence-corrected chi connectivity index (χ2v) is 3.55. The first-order valence-corrected chi connectivity index (χ1v) is 4.71. The number of ether oxygens (including phenoxy) is 1. The van der Waals surface area contributed by atoms with Gasteiger partial charge in [-0.3, -0.25) is 0 Å². The molecule has 0 fully saturated rings. The number of rotatable bonds is 4. The second-order valence-electron chi connectivity index (χ2n) is 3.55. The fraction of sp³-hybridized carbons (Fsp3) is 0.400. The van der Waals surface area contributed by atoms with Crippen LogP contribution < -0.4 is 10.5 Å². The molecule has 82 valence electrons. The zero-order valence-electron chi connectivity index (χ0n) is 8.84. The van der Waals surface area contributed by atoms with Gasteiger partial charge in [-0.2, -0.15) is 0 Å². The molecule has 0 atom stereocenters. The number of oxime groups is 1. The van der Waals surface area contributed by atoms with E-state index >= 15 is 0 Å². The van der Waals surface area contributed by atoms with Crippen LogP contribution in [-0.2, 0) is 0 Å².